The third-order valence-corrected chi connectivity index (χ3v) is 11.6. The van der Waals surface area contributed by atoms with E-state index >= 15 is 0 Å². The summed E-state index contributed by atoms with van der Waals surface area (Å²) in [6.07, 6.45) is 26.7. The van der Waals surface area contributed by atoms with Crippen molar-refractivity contribution in [3.63, 3.8) is 0 Å². The Balaban J connectivity index is 2.41. The second-order valence-electron chi connectivity index (χ2n) is 15.9. The van der Waals surface area contributed by atoms with Gasteiger partial charge in [0.2, 0.25) is 0 Å². The Labute approximate surface area is 345 Å². The Morgan fingerprint density at radius 1 is 0.561 bits per heavy atom. The molecule has 13 heteroatoms. The summed E-state index contributed by atoms with van der Waals surface area (Å²) in [7, 11) is -5.01. The van der Waals surface area contributed by atoms with Gasteiger partial charge in [0.25, 0.3) is 0 Å². The first-order valence-corrected chi connectivity index (χ1v) is 24.2. The first kappa shape index (κ1) is 53.8. The average molecular weight is 835 g/mol. The molecule has 0 heterocycles. The van der Waals surface area contributed by atoms with Crippen molar-refractivity contribution in [3.05, 3.63) is 24.3 Å². The molecule has 336 valence electrons. The number of carbonyl (C=O) groups excluding carboxylic acids is 1. The smallest absolute Gasteiger partial charge is 0.457 e. The van der Waals surface area contributed by atoms with Gasteiger partial charge in [-0.1, -0.05) is 160 Å². The van der Waals surface area contributed by atoms with E-state index in [-0.39, 0.29) is 13.0 Å². The van der Waals surface area contributed by atoms with Gasteiger partial charge < -0.3 is 39.9 Å². The van der Waals surface area contributed by atoms with E-state index in [1.54, 1.807) is 0 Å². The number of phosphoric acid groups is 1. The molecule has 12 nitrogen and oxygen atoms in total. The maximum absolute atomic E-state index is 12.8. The molecular weight excluding hydrogens is 751 g/mol. The topological polar surface area (TPSA) is 192 Å². The Morgan fingerprint density at radius 2 is 0.982 bits per heavy atom. The lowest BCUT2D eigenvalue weighted by Gasteiger charge is -2.41. The van der Waals surface area contributed by atoms with E-state index in [0.29, 0.717) is 13.0 Å². The lowest BCUT2D eigenvalue weighted by Crippen LogP contribution is -2.64. The van der Waals surface area contributed by atoms with Crippen molar-refractivity contribution < 1.29 is 58.3 Å². The molecule has 0 amide bonds. The van der Waals surface area contributed by atoms with Crippen LogP contribution in [0.15, 0.2) is 24.3 Å². The van der Waals surface area contributed by atoms with E-state index in [1.165, 1.54) is 103 Å². The van der Waals surface area contributed by atoms with E-state index in [1.807, 2.05) is 0 Å². The molecule has 0 aromatic heterocycles. The third-order valence-electron chi connectivity index (χ3n) is 10.6. The number of hydrogen-bond donors (Lipinski definition) is 6. The zero-order chi connectivity index (χ0) is 42.0. The molecule has 1 rings (SSSR count). The highest BCUT2D eigenvalue weighted by molar-refractivity contribution is 7.47. The molecule has 0 aliphatic heterocycles. The predicted octanol–water partition coefficient (Wildman–Crippen LogP) is 8.92. The molecule has 57 heavy (non-hydrogen) atoms. The van der Waals surface area contributed by atoms with Crippen LogP contribution >= 0.6 is 7.82 Å². The van der Waals surface area contributed by atoms with Crippen LogP contribution in [0.3, 0.4) is 0 Å². The van der Waals surface area contributed by atoms with Crippen LogP contribution in [0.4, 0.5) is 0 Å². The largest absolute Gasteiger partial charge is 0.472 e. The van der Waals surface area contributed by atoms with E-state index in [0.717, 1.165) is 57.8 Å². The van der Waals surface area contributed by atoms with Gasteiger partial charge in [0.15, 0.2) is 0 Å². The van der Waals surface area contributed by atoms with Crippen LogP contribution in [0.5, 0.6) is 0 Å². The second-order valence-corrected chi connectivity index (χ2v) is 17.3. The highest BCUT2D eigenvalue weighted by atomic mass is 31.2. The summed E-state index contributed by atoms with van der Waals surface area (Å²) in [4.78, 5) is 23.1. The zero-order valence-electron chi connectivity index (χ0n) is 35.6. The zero-order valence-corrected chi connectivity index (χ0v) is 36.5. The summed E-state index contributed by atoms with van der Waals surface area (Å²) in [6, 6.07) is 0. The van der Waals surface area contributed by atoms with Crippen LogP contribution in [0.2, 0.25) is 0 Å². The molecule has 0 saturated heterocycles. The molecule has 0 aromatic rings. The van der Waals surface area contributed by atoms with Gasteiger partial charge >= 0.3 is 13.8 Å². The van der Waals surface area contributed by atoms with Gasteiger partial charge in [-0.2, -0.15) is 0 Å². The van der Waals surface area contributed by atoms with Crippen LogP contribution in [0.1, 0.15) is 187 Å². The van der Waals surface area contributed by atoms with Crippen molar-refractivity contribution in [1.82, 2.24) is 0 Å². The van der Waals surface area contributed by atoms with Crippen LogP contribution in [0, 0.1) is 0 Å². The highest BCUT2D eigenvalue weighted by Gasteiger charge is 2.51. The lowest BCUT2D eigenvalue weighted by molar-refractivity contribution is -0.220. The van der Waals surface area contributed by atoms with Gasteiger partial charge in [-0.3, -0.25) is 13.8 Å². The van der Waals surface area contributed by atoms with E-state index in [9.17, 15) is 39.8 Å². The standard InChI is InChI=1S/C44H83O12P/c1-3-5-7-9-11-13-15-17-18-19-20-22-24-26-28-30-32-34-53-35-37(36-54-57(51,52)56-44-42(49)40(47)39(46)41(48)43(44)50)55-38(45)33-31-29-27-25-23-21-16-14-12-10-8-6-4-2/h13,15,18-19,37,39-44,46-50H,3-12,14,16-17,20-36H2,1-2H3,(H,51,52)/b15-13-,19-18-. The van der Waals surface area contributed by atoms with Gasteiger partial charge in [-0.05, 0) is 44.9 Å². The highest BCUT2D eigenvalue weighted by Crippen LogP contribution is 2.47. The van der Waals surface area contributed by atoms with Crippen LogP contribution in [0.25, 0.3) is 0 Å². The van der Waals surface area contributed by atoms with Gasteiger partial charge in [-0.15, -0.1) is 0 Å². The number of unbranched alkanes of at least 4 members (excludes halogenated alkanes) is 22. The van der Waals surface area contributed by atoms with Crippen LogP contribution in [-0.4, -0.2) is 98.9 Å². The second kappa shape index (κ2) is 35.6. The number of ether oxygens (including phenoxy) is 2. The summed E-state index contributed by atoms with van der Waals surface area (Å²) in [5.41, 5.74) is 0. The van der Waals surface area contributed by atoms with Crippen molar-refractivity contribution >= 4 is 13.8 Å². The molecule has 1 fully saturated rings. The molecular formula is C44H83O12P. The Bertz CT molecular complexity index is 1040. The lowest BCUT2D eigenvalue weighted by atomic mass is 9.85. The number of phosphoric ester groups is 1. The molecule has 0 bridgehead atoms. The number of allylic oxidation sites excluding steroid dienone is 4. The number of rotatable bonds is 38. The van der Waals surface area contributed by atoms with Crippen molar-refractivity contribution in [2.24, 2.45) is 0 Å². The van der Waals surface area contributed by atoms with Crippen LogP contribution in [-0.2, 0) is 27.9 Å². The van der Waals surface area contributed by atoms with E-state index in [2.05, 4.69) is 38.2 Å². The fraction of sp³-hybridized carbons (Fsp3) is 0.886. The Morgan fingerprint density at radius 3 is 1.49 bits per heavy atom. The van der Waals surface area contributed by atoms with E-state index < -0.39 is 63.1 Å². The molecule has 1 aliphatic rings. The molecule has 1 saturated carbocycles. The van der Waals surface area contributed by atoms with Crippen molar-refractivity contribution in [2.75, 3.05) is 19.8 Å². The summed E-state index contributed by atoms with van der Waals surface area (Å²) in [5.74, 6) is -0.480. The summed E-state index contributed by atoms with van der Waals surface area (Å²) in [6.45, 7) is 4.22. The third kappa shape index (κ3) is 28.1. The quantitative estimate of drug-likeness (QED) is 0.0150. The van der Waals surface area contributed by atoms with Gasteiger partial charge in [-0.25, -0.2) is 4.57 Å². The average Bonchev–Trinajstić information content (AvgIpc) is 3.19. The minimum absolute atomic E-state index is 0.0803. The molecule has 0 spiro atoms. The minimum atomic E-state index is -5.01. The Hall–Kier alpha value is -1.18. The molecule has 0 radical (unpaired) electrons. The first-order chi connectivity index (χ1) is 27.5. The van der Waals surface area contributed by atoms with Gasteiger partial charge in [0.05, 0.1) is 13.2 Å². The fourth-order valence-electron chi connectivity index (χ4n) is 6.91. The van der Waals surface area contributed by atoms with Crippen molar-refractivity contribution in [2.45, 2.75) is 230 Å². The van der Waals surface area contributed by atoms with Crippen molar-refractivity contribution in [1.29, 1.82) is 0 Å². The maximum Gasteiger partial charge on any atom is 0.472 e. The van der Waals surface area contributed by atoms with Gasteiger partial charge in [0.1, 0.15) is 42.7 Å². The van der Waals surface area contributed by atoms with E-state index in [4.69, 9.17) is 18.5 Å². The fourth-order valence-corrected chi connectivity index (χ4v) is 7.89. The maximum atomic E-state index is 12.8. The summed E-state index contributed by atoms with van der Waals surface area (Å²) < 4.78 is 34.1. The summed E-state index contributed by atoms with van der Waals surface area (Å²) >= 11 is 0. The van der Waals surface area contributed by atoms with Crippen molar-refractivity contribution in [3.8, 4) is 0 Å². The molecule has 0 aromatic carbocycles. The normalized spacial score (nSPS) is 23.0. The van der Waals surface area contributed by atoms with Crippen LogP contribution < -0.4 is 0 Å². The van der Waals surface area contributed by atoms with Gasteiger partial charge in [0, 0.05) is 13.0 Å². The molecule has 6 unspecified atom stereocenters. The number of aliphatic hydroxyl groups excluding tert-OH is 5. The Kier molecular flexibility index (Phi) is 33.6. The number of esters is 1. The minimum Gasteiger partial charge on any atom is -0.457 e. The number of carbonyl (C=O) groups is 1. The SMILES string of the molecule is CCCCCC/C=C\C/C=C\CCCCCCCCOCC(COP(=O)(O)OC1C(O)C(O)C(O)C(O)C1O)OC(=O)CCCCCCCCCCCCCCC. The molecule has 6 N–H and O–H groups in total. The predicted molar refractivity (Wildman–Crippen MR) is 226 cm³/mol. The molecule has 6 atom stereocenters. The molecule has 1 aliphatic carbocycles. The number of aliphatic hydroxyl groups is 5. The number of hydrogen-bond acceptors (Lipinski definition) is 11. The summed E-state index contributed by atoms with van der Waals surface area (Å²) in [5, 5.41) is 50.1. The first-order valence-electron chi connectivity index (χ1n) is 22.7. The monoisotopic (exact) mass is 835 g/mol.